The number of methoxy groups -OCH3 is 1. The second-order valence-electron chi connectivity index (χ2n) is 4.73. The van der Waals surface area contributed by atoms with E-state index in [4.69, 9.17) is 4.74 Å². The fraction of sp³-hybridized carbons (Fsp3) is 0.500. The van der Waals surface area contributed by atoms with Gasteiger partial charge < -0.3 is 9.84 Å². The predicted octanol–water partition coefficient (Wildman–Crippen LogP) is 2.45. The van der Waals surface area contributed by atoms with Gasteiger partial charge in [-0.05, 0) is 43.6 Å². The van der Waals surface area contributed by atoms with Crippen molar-refractivity contribution in [2.24, 2.45) is 0 Å². The average Bonchev–Trinajstić information content (AvgIpc) is 2.40. The van der Waals surface area contributed by atoms with Crippen LogP contribution in [0.25, 0.3) is 0 Å². The van der Waals surface area contributed by atoms with Gasteiger partial charge in [-0.25, -0.2) is 4.39 Å². The summed E-state index contributed by atoms with van der Waals surface area (Å²) < 4.78 is 18.6. The van der Waals surface area contributed by atoms with Crippen LogP contribution in [-0.4, -0.2) is 36.2 Å². The molecule has 1 fully saturated rings. The lowest BCUT2D eigenvalue weighted by Gasteiger charge is -2.32. The lowest BCUT2D eigenvalue weighted by Crippen LogP contribution is -2.37. The first-order valence-corrected chi connectivity index (χ1v) is 6.44. The zero-order chi connectivity index (χ0) is 13.8. The highest BCUT2D eigenvalue weighted by atomic mass is 19.1. The Balaban J connectivity index is 2.28. The molecular weight excluding hydrogens is 249 g/mol. The minimum atomic E-state index is -0.938. The van der Waals surface area contributed by atoms with Crippen molar-refractivity contribution in [3.05, 3.63) is 29.6 Å². The third kappa shape index (κ3) is 3.04. The van der Waals surface area contributed by atoms with Gasteiger partial charge in [-0.15, -0.1) is 0 Å². The van der Waals surface area contributed by atoms with E-state index in [1.54, 1.807) is 6.07 Å². The molecule has 1 unspecified atom stereocenters. The van der Waals surface area contributed by atoms with Crippen LogP contribution in [0.1, 0.15) is 30.9 Å². The first-order valence-electron chi connectivity index (χ1n) is 6.44. The molecule has 2 rings (SSSR count). The summed E-state index contributed by atoms with van der Waals surface area (Å²) in [5.74, 6) is -1.33. The average molecular weight is 267 g/mol. The quantitative estimate of drug-likeness (QED) is 0.910. The number of nitrogens with zero attached hydrogens (tertiary/aromatic N) is 1. The van der Waals surface area contributed by atoms with Crippen LogP contribution in [0.3, 0.4) is 0 Å². The summed E-state index contributed by atoms with van der Waals surface area (Å²) in [6, 6.07) is 3.58. The molecule has 1 heterocycles. The van der Waals surface area contributed by atoms with E-state index in [9.17, 15) is 14.3 Å². The number of carbonyl (C=O) groups is 1. The number of rotatable bonds is 4. The van der Waals surface area contributed by atoms with Gasteiger partial charge in [0, 0.05) is 0 Å². The van der Waals surface area contributed by atoms with Gasteiger partial charge in [-0.2, -0.15) is 0 Å². The second kappa shape index (κ2) is 6.02. The van der Waals surface area contributed by atoms with E-state index in [1.165, 1.54) is 19.2 Å². The molecule has 0 spiro atoms. The van der Waals surface area contributed by atoms with Gasteiger partial charge >= 0.3 is 5.97 Å². The van der Waals surface area contributed by atoms with Crippen molar-refractivity contribution < 1.29 is 19.0 Å². The smallest absolute Gasteiger partial charge is 0.325 e. The summed E-state index contributed by atoms with van der Waals surface area (Å²) in [5, 5.41) is 9.40. The van der Waals surface area contributed by atoms with Gasteiger partial charge in [0.2, 0.25) is 0 Å². The van der Waals surface area contributed by atoms with E-state index >= 15 is 0 Å². The maximum absolute atomic E-state index is 13.7. The number of likely N-dealkylation sites (tertiary alicyclic amines) is 1. The van der Waals surface area contributed by atoms with E-state index in [0.29, 0.717) is 5.56 Å². The van der Waals surface area contributed by atoms with Crippen LogP contribution >= 0.6 is 0 Å². The van der Waals surface area contributed by atoms with Crippen LogP contribution in [-0.2, 0) is 4.79 Å². The molecule has 1 aromatic rings. The molecule has 0 bridgehead atoms. The number of halogens is 1. The van der Waals surface area contributed by atoms with Gasteiger partial charge in [-0.1, -0.05) is 12.5 Å². The first kappa shape index (κ1) is 13.8. The number of ether oxygens (including phenoxy) is 1. The van der Waals surface area contributed by atoms with Crippen LogP contribution in [0.15, 0.2) is 18.2 Å². The minimum absolute atomic E-state index is 0.131. The highest BCUT2D eigenvalue weighted by Gasteiger charge is 2.29. The largest absolute Gasteiger partial charge is 0.494 e. The highest BCUT2D eigenvalue weighted by Crippen LogP contribution is 2.28. The Kier molecular flexibility index (Phi) is 4.37. The molecule has 0 aromatic heterocycles. The Morgan fingerprint density at radius 3 is 2.58 bits per heavy atom. The number of hydrogen-bond donors (Lipinski definition) is 1. The van der Waals surface area contributed by atoms with E-state index in [0.717, 1.165) is 32.4 Å². The molecule has 0 aliphatic carbocycles. The highest BCUT2D eigenvalue weighted by molar-refractivity contribution is 5.75. The molecule has 5 heteroatoms. The van der Waals surface area contributed by atoms with Crippen LogP contribution in [0.5, 0.6) is 5.75 Å². The number of carboxylic acid groups (broad SMARTS) is 1. The summed E-state index contributed by atoms with van der Waals surface area (Å²) in [5.41, 5.74) is 0.465. The number of aliphatic carboxylic acids is 1. The molecule has 0 amide bonds. The van der Waals surface area contributed by atoms with Gasteiger partial charge in [0.15, 0.2) is 11.6 Å². The fourth-order valence-corrected chi connectivity index (χ4v) is 2.54. The SMILES string of the molecule is COc1ccc(C(C(=O)O)N2CCCCC2)cc1F. The van der Waals surface area contributed by atoms with E-state index in [1.807, 2.05) is 4.90 Å². The van der Waals surface area contributed by atoms with Crippen molar-refractivity contribution in [2.45, 2.75) is 25.3 Å². The molecule has 1 saturated heterocycles. The summed E-state index contributed by atoms with van der Waals surface area (Å²) in [6.45, 7) is 1.48. The Labute approximate surface area is 111 Å². The van der Waals surface area contributed by atoms with Gasteiger partial charge in [0.05, 0.1) is 7.11 Å². The molecule has 0 radical (unpaired) electrons. The third-order valence-corrected chi connectivity index (χ3v) is 3.48. The van der Waals surface area contributed by atoms with Crippen molar-refractivity contribution in [3.63, 3.8) is 0 Å². The molecule has 0 saturated carbocycles. The topological polar surface area (TPSA) is 49.8 Å². The Hall–Kier alpha value is -1.62. The van der Waals surface area contributed by atoms with E-state index in [-0.39, 0.29) is 5.75 Å². The molecule has 1 N–H and O–H groups in total. The summed E-state index contributed by atoms with van der Waals surface area (Å²) in [6.07, 6.45) is 3.10. The van der Waals surface area contributed by atoms with Crippen molar-refractivity contribution in [1.82, 2.24) is 4.90 Å². The van der Waals surface area contributed by atoms with Gasteiger partial charge in [0.1, 0.15) is 6.04 Å². The molecular formula is C14H18FNO3. The number of piperidine rings is 1. The summed E-state index contributed by atoms with van der Waals surface area (Å²) in [7, 11) is 1.39. The van der Waals surface area contributed by atoms with Crippen LogP contribution in [0, 0.1) is 5.82 Å². The molecule has 1 aromatic carbocycles. The third-order valence-electron chi connectivity index (χ3n) is 3.48. The van der Waals surface area contributed by atoms with Crippen LogP contribution < -0.4 is 4.74 Å². The van der Waals surface area contributed by atoms with Crippen LogP contribution in [0.4, 0.5) is 4.39 Å². The standard InChI is InChI=1S/C14H18FNO3/c1-19-12-6-5-10(9-11(12)15)13(14(17)18)16-7-3-2-4-8-16/h5-6,9,13H,2-4,7-8H2,1H3,(H,17,18). The Bertz CT molecular complexity index is 458. The zero-order valence-electron chi connectivity index (χ0n) is 10.9. The molecule has 104 valence electrons. The molecule has 1 aliphatic rings. The minimum Gasteiger partial charge on any atom is -0.494 e. The normalized spacial score (nSPS) is 18.0. The fourth-order valence-electron chi connectivity index (χ4n) is 2.54. The lowest BCUT2D eigenvalue weighted by molar-refractivity contribution is -0.144. The summed E-state index contributed by atoms with van der Waals surface area (Å²) >= 11 is 0. The first-order chi connectivity index (χ1) is 9.13. The van der Waals surface area contributed by atoms with Crippen molar-refractivity contribution in [2.75, 3.05) is 20.2 Å². The van der Waals surface area contributed by atoms with E-state index < -0.39 is 17.8 Å². The van der Waals surface area contributed by atoms with Crippen molar-refractivity contribution >= 4 is 5.97 Å². The molecule has 1 aliphatic heterocycles. The predicted molar refractivity (Wildman–Crippen MR) is 68.8 cm³/mol. The summed E-state index contributed by atoms with van der Waals surface area (Å²) in [4.78, 5) is 13.4. The van der Waals surface area contributed by atoms with Crippen molar-refractivity contribution in [1.29, 1.82) is 0 Å². The van der Waals surface area contributed by atoms with Gasteiger partial charge in [0.25, 0.3) is 0 Å². The Morgan fingerprint density at radius 2 is 2.05 bits per heavy atom. The second-order valence-corrected chi connectivity index (χ2v) is 4.73. The van der Waals surface area contributed by atoms with Crippen molar-refractivity contribution in [3.8, 4) is 5.75 Å². The van der Waals surface area contributed by atoms with Gasteiger partial charge in [-0.3, -0.25) is 9.69 Å². The molecule has 19 heavy (non-hydrogen) atoms. The number of carboxylic acids is 1. The maximum Gasteiger partial charge on any atom is 0.325 e. The monoisotopic (exact) mass is 267 g/mol. The molecule has 4 nitrogen and oxygen atoms in total. The lowest BCUT2D eigenvalue weighted by atomic mass is 10.0. The number of hydrogen-bond acceptors (Lipinski definition) is 3. The Morgan fingerprint density at radius 1 is 1.37 bits per heavy atom. The number of benzene rings is 1. The van der Waals surface area contributed by atoms with Crippen LogP contribution in [0.2, 0.25) is 0 Å². The maximum atomic E-state index is 13.7. The zero-order valence-corrected chi connectivity index (χ0v) is 10.9. The van der Waals surface area contributed by atoms with E-state index in [2.05, 4.69) is 0 Å². The molecule has 1 atom stereocenters.